The minimum absolute atomic E-state index is 0. The van der Waals surface area contributed by atoms with Gasteiger partial charge in [0.05, 0.1) is 4.90 Å². The number of unbranched alkanes of at least 4 members (excludes halogenated alkanes) is 1. The second-order valence-electron chi connectivity index (χ2n) is 4.12. The van der Waals surface area contributed by atoms with Crippen LogP contribution in [0.2, 0.25) is 0 Å². The Kier molecular flexibility index (Phi) is 6.53. The third-order valence-electron chi connectivity index (χ3n) is 2.96. The van der Waals surface area contributed by atoms with Gasteiger partial charge in [0.2, 0.25) is 0 Å². The Morgan fingerprint density at radius 2 is 1.78 bits per heavy atom. The number of fused-ring (bicyclic) bond motifs is 1. The predicted molar refractivity (Wildman–Crippen MR) is 78.7 cm³/mol. The summed E-state index contributed by atoms with van der Waals surface area (Å²) in [5, 5.41) is 1.99. The van der Waals surface area contributed by atoms with E-state index in [1.807, 2.05) is 24.3 Å². The molecule has 4 heteroatoms. The molecule has 0 bridgehead atoms. The second kappa shape index (κ2) is 7.41. The molecular weight excluding hydrogens is 255 g/mol. The summed E-state index contributed by atoms with van der Waals surface area (Å²) in [6, 6.07) is 11.6. The van der Waals surface area contributed by atoms with Crippen LogP contribution in [0.25, 0.3) is 10.8 Å². The van der Waals surface area contributed by atoms with Crippen molar-refractivity contribution in [2.45, 2.75) is 31.1 Å². The molecule has 0 spiro atoms. The van der Waals surface area contributed by atoms with Gasteiger partial charge >= 0.3 is 29.6 Å². The van der Waals surface area contributed by atoms with Crippen molar-refractivity contribution in [3.63, 3.8) is 0 Å². The van der Waals surface area contributed by atoms with Gasteiger partial charge in [-0.05, 0) is 29.9 Å². The van der Waals surface area contributed by atoms with Gasteiger partial charge in [-0.1, -0.05) is 43.7 Å². The molecule has 1 atom stereocenters. The molecule has 0 aliphatic carbocycles. The summed E-state index contributed by atoms with van der Waals surface area (Å²) in [4.78, 5) is 0.501. The standard InChI is InChI=1S/C14H16O2S.Na.H/c1-2-3-6-11-7-4-9-13-12(11)8-5-10-14(13)17(15)16;;/h4-5,7-10H,2-3,6H2,1H3,(H,15,16);;. The van der Waals surface area contributed by atoms with Crippen LogP contribution in [0.4, 0.5) is 0 Å². The SMILES string of the molecule is CCCCc1cccc2c(S(=O)O)cccc12.[NaH]. The van der Waals surface area contributed by atoms with E-state index in [0.717, 1.165) is 30.0 Å². The Morgan fingerprint density at radius 3 is 2.44 bits per heavy atom. The summed E-state index contributed by atoms with van der Waals surface area (Å²) in [6.45, 7) is 2.17. The molecule has 0 aliphatic heterocycles. The molecule has 2 nitrogen and oxygen atoms in total. The molecule has 0 saturated heterocycles. The molecule has 0 aromatic heterocycles. The fourth-order valence-corrected chi connectivity index (χ4v) is 2.64. The van der Waals surface area contributed by atoms with Crippen LogP contribution < -0.4 is 0 Å². The van der Waals surface area contributed by atoms with Crippen molar-refractivity contribution >= 4 is 51.4 Å². The van der Waals surface area contributed by atoms with Crippen LogP contribution in [-0.2, 0) is 17.5 Å². The molecule has 0 amide bonds. The van der Waals surface area contributed by atoms with E-state index in [-0.39, 0.29) is 29.6 Å². The summed E-state index contributed by atoms with van der Waals surface area (Å²) < 4.78 is 20.5. The number of aryl methyl sites for hydroxylation is 1. The molecule has 1 unspecified atom stereocenters. The normalized spacial score (nSPS) is 12.1. The van der Waals surface area contributed by atoms with Crippen LogP contribution in [0.1, 0.15) is 25.3 Å². The Hall–Kier alpha value is -0.190. The van der Waals surface area contributed by atoms with Crippen molar-refractivity contribution in [3.05, 3.63) is 42.0 Å². The fraction of sp³-hybridized carbons (Fsp3) is 0.286. The van der Waals surface area contributed by atoms with Gasteiger partial charge in [0.25, 0.3) is 0 Å². The monoisotopic (exact) mass is 272 g/mol. The van der Waals surface area contributed by atoms with Crippen LogP contribution in [-0.4, -0.2) is 38.3 Å². The Morgan fingerprint density at radius 1 is 1.11 bits per heavy atom. The molecule has 2 aromatic rings. The van der Waals surface area contributed by atoms with E-state index >= 15 is 0 Å². The predicted octanol–water partition coefficient (Wildman–Crippen LogP) is 3.11. The molecule has 0 aliphatic rings. The summed E-state index contributed by atoms with van der Waals surface area (Å²) in [5.74, 6) is 0. The number of hydrogen-bond donors (Lipinski definition) is 1. The molecule has 0 heterocycles. The molecule has 92 valence electrons. The average Bonchev–Trinajstić information content (AvgIpc) is 2.35. The molecule has 18 heavy (non-hydrogen) atoms. The van der Waals surface area contributed by atoms with Gasteiger partial charge in [-0.3, -0.25) is 0 Å². The first-order valence-corrected chi connectivity index (χ1v) is 6.96. The Bertz CT molecular complexity index is 554. The van der Waals surface area contributed by atoms with E-state index in [1.54, 1.807) is 6.07 Å². The summed E-state index contributed by atoms with van der Waals surface area (Å²) in [5.41, 5.74) is 1.26. The summed E-state index contributed by atoms with van der Waals surface area (Å²) >= 11 is -1.92. The molecule has 2 rings (SSSR count). The third kappa shape index (κ3) is 3.43. The van der Waals surface area contributed by atoms with Crippen molar-refractivity contribution in [3.8, 4) is 0 Å². The van der Waals surface area contributed by atoms with Crippen molar-refractivity contribution in [1.29, 1.82) is 0 Å². The number of hydrogen-bond acceptors (Lipinski definition) is 1. The summed E-state index contributed by atoms with van der Waals surface area (Å²) in [6.07, 6.45) is 3.32. The quantitative estimate of drug-likeness (QED) is 0.686. The number of rotatable bonds is 4. The molecule has 0 fully saturated rings. The van der Waals surface area contributed by atoms with Gasteiger partial charge in [0.1, 0.15) is 0 Å². The first kappa shape index (κ1) is 15.9. The van der Waals surface area contributed by atoms with Crippen LogP contribution in [0, 0.1) is 0 Å². The molecule has 0 radical (unpaired) electrons. The van der Waals surface area contributed by atoms with E-state index in [9.17, 15) is 8.76 Å². The van der Waals surface area contributed by atoms with Gasteiger partial charge in [-0.2, -0.15) is 0 Å². The molecule has 1 N–H and O–H groups in total. The van der Waals surface area contributed by atoms with E-state index in [1.165, 1.54) is 5.56 Å². The maximum atomic E-state index is 11.3. The second-order valence-corrected chi connectivity index (χ2v) is 5.06. The van der Waals surface area contributed by atoms with Crippen molar-refractivity contribution in [1.82, 2.24) is 0 Å². The van der Waals surface area contributed by atoms with Gasteiger partial charge in [0.15, 0.2) is 11.1 Å². The fourth-order valence-electron chi connectivity index (χ4n) is 2.08. The van der Waals surface area contributed by atoms with Crippen LogP contribution >= 0.6 is 0 Å². The zero-order chi connectivity index (χ0) is 12.3. The van der Waals surface area contributed by atoms with Crippen molar-refractivity contribution < 1.29 is 8.76 Å². The van der Waals surface area contributed by atoms with Gasteiger partial charge < -0.3 is 4.55 Å². The molecule has 0 saturated carbocycles. The van der Waals surface area contributed by atoms with Crippen LogP contribution in [0.3, 0.4) is 0 Å². The first-order chi connectivity index (χ1) is 8.24. The van der Waals surface area contributed by atoms with Gasteiger partial charge in [0, 0.05) is 5.39 Å². The Balaban J connectivity index is 0.00000162. The van der Waals surface area contributed by atoms with Gasteiger partial charge in [-0.25, -0.2) is 4.21 Å². The zero-order valence-electron chi connectivity index (χ0n) is 9.85. The molecular formula is C14H17NaO2S. The van der Waals surface area contributed by atoms with Crippen molar-refractivity contribution in [2.75, 3.05) is 0 Å². The first-order valence-electron chi connectivity index (χ1n) is 5.85. The molecule has 2 aromatic carbocycles. The van der Waals surface area contributed by atoms with Crippen LogP contribution in [0.5, 0.6) is 0 Å². The third-order valence-corrected chi connectivity index (χ3v) is 3.69. The minimum atomic E-state index is -1.92. The van der Waals surface area contributed by atoms with E-state index in [4.69, 9.17) is 0 Å². The van der Waals surface area contributed by atoms with Gasteiger partial charge in [-0.15, -0.1) is 0 Å². The number of benzene rings is 2. The van der Waals surface area contributed by atoms with Crippen LogP contribution in [0.15, 0.2) is 41.3 Å². The maximum absolute atomic E-state index is 11.3. The zero-order valence-corrected chi connectivity index (χ0v) is 10.7. The summed E-state index contributed by atoms with van der Waals surface area (Å²) in [7, 11) is 0. The van der Waals surface area contributed by atoms with E-state index in [2.05, 4.69) is 13.0 Å². The average molecular weight is 272 g/mol. The van der Waals surface area contributed by atoms with Crippen molar-refractivity contribution in [2.24, 2.45) is 0 Å². The Labute approximate surface area is 132 Å². The topological polar surface area (TPSA) is 37.3 Å². The van der Waals surface area contributed by atoms with E-state index < -0.39 is 11.1 Å². The van der Waals surface area contributed by atoms with E-state index in [0.29, 0.717) is 4.90 Å².